The highest BCUT2D eigenvalue weighted by atomic mass is 32.1. The second kappa shape index (κ2) is 11.4. The van der Waals surface area contributed by atoms with Crippen molar-refractivity contribution in [3.05, 3.63) is 0 Å². The quantitative estimate of drug-likeness (QED) is 0.559. The largest absolute Gasteiger partial charge is 0.464 e. The number of hydrogen-bond donors (Lipinski definition) is 2. The summed E-state index contributed by atoms with van der Waals surface area (Å²) >= 11 is 3.90. The Balaban J connectivity index is 0. The molecule has 0 saturated heterocycles. The van der Waals surface area contributed by atoms with Crippen LogP contribution in [0.3, 0.4) is 0 Å². The minimum Gasteiger partial charge on any atom is -0.464 e. The summed E-state index contributed by atoms with van der Waals surface area (Å²) in [5, 5.41) is 2.00. The van der Waals surface area contributed by atoms with Crippen LogP contribution in [0.5, 0.6) is 0 Å². The first-order chi connectivity index (χ1) is 7.07. The van der Waals surface area contributed by atoms with Gasteiger partial charge in [0, 0.05) is 0 Å². The minimum atomic E-state index is -0.413. The molecule has 0 aromatic heterocycles. The van der Waals surface area contributed by atoms with Crippen LogP contribution in [0, 0.1) is 0 Å². The van der Waals surface area contributed by atoms with Crippen LogP contribution in [-0.4, -0.2) is 30.3 Å². The number of thiol groups is 1. The molecule has 1 amide bonds. The molecular weight excluding hydrogens is 214 g/mol. The van der Waals surface area contributed by atoms with Crippen LogP contribution in [0.15, 0.2) is 0 Å². The van der Waals surface area contributed by atoms with Crippen molar-refractivity contribution < 1.29 is 14.3 Å². The van der Waals surface area contributed by atoms with Gasteiger partial charge in [-0.3, -0.25) is 9.59 Å². The van der Waals surface area contributed by atoms with Gasteiger partial charge in [-0.1, -0.05) is 20.8 Å². The highest BCUT2D eigenvalue weighted by molar-refractivity contribution is 7.81. The van der Waals surface area contributed by atoms with Gasteiger partial charge in [-0.2, -0.15) is 12.6 Å². The van der Waals surface area contributed by atoms with Crippen LogP contribution in [0.25, 0.3) is 0 Å². The van der Waals surface area contributed by atoms with Crippen molar-refractivity contribution in [2.75, 3.05) is 13.2 Å². The number of esters is 1. The molecule has 15 heavy (non-hydrogen) atoms. The summed E-state index contributed by atoms with van der Waals surface area (Å²) in [6.07, 6.45) is 0.780. The second-order valence-electron chi connectivity index (χ2n) is 2.61. The Labute approximate surface area is 97.2 Å². The van der Waals surface area contributed by atoms with Crippen molar-refractivity contribution in [2.45, 2.75) is 39.4 Å². The Bertz CT molecular complexity index is 184. The lowest BCUT2D eigenvalue weighted by Crippen LogP contribution is -2.34. The molecule has 0 saturated carbocycles. The maximum atomic E-state index is 10.9. The van der Waals surface area contributed by atoms with Crippen LogP contribution < -0.4 is 5.32 Å². The van der Waals surface area contributed by atoms with Crippen LogP contribution in [0.4, 0.5) is 0 Å². The average Bonchev–Trinajstić information content (AvgIpc) is 2.25. The lowest BCUT2D eigenvalue weighted by molar-refractivity contribution is -0.143. The molecule has 0 aliphatic carbocycles. The Morgan fingerprint density at radius 1 is 1.40 bits per heavy atom. The SMILES string of the molecule is CC.CCCOC(=O)CNC(=O)C(C)S. The number of ether oxygens (including phenoxy) is 1. The summed E-state index contributed by atoms with van der Waals surface area (Å²) < 4.78 is 4.74. The van der Waals surface area contributed by atoms with E-state index in [9.17, 15) is 9.59 Å². The summed E-state index contributed by atoms with van der Waals surface area (Å²) in [5.74, 6) is -0.680. The zero-order valence-electron chi connectivity index (χ0n) is 9.87. The maximum Gasteiger partial charge on any atom is 0.325 e. The number of nitrogens with one attached hydrogen (secondary N) is 1. The molecule has 0 heterocycles. The molecule has 0 fully saturated rings. The Morgan fingerprint density at radius 2 is 1.93 bits per heavy atom. The number of rotatable bonds is 5. The summed E-state index contributed by atoms with van der Waals surface area (Å²) in [5.41, 5.74) is 0. The molecule has 1 atom stereocenters. The molecule has 0 radical (unpaired) electrons. The van der Waals surface area contributed by atoms with Crippen LogP contribution in [0.1, 0.15) is 34.1 Å². The van der Waals surface area contributed by atoms with Crippen molar-refractivity contribution in [3.8, 4) is 0 Å². The van der Waals surface area contributed by atoms with E-state index in [-0.39, 0.29) is 12.5 Å². The summed E-state index contributed by atoms with van der Waals surface area (Å²) in [6, 6.07) is 0. The highest BCUT2D eigenvalue weighted by Crippen LogP contribution is 1.90. The molecule has 0 aliphatic rings. The van der Waals surface area contributed by atoms with E-state index in [1.165, 1.54) is 0 Å². The van der Waals surface area contributed by atoms with Gasteiger partial charge >= 0.3 is 5.97 Å². The molecule has 0 bridgehead atoms. The fraction of sp³-hybridized carbons (Fsp3) is 0.800. The third-order valence-corrected chi connectivity index (χ3v) is 1.49. The van der Waals surface area contributed by atoms with E-state index < -0.39 is 11.2 Å². The fourth-order valence-corrected chi connectivity index (χ4v) is 0.665. The maximum absolute atomic E-state index is 10.9. The van der Waals surface area contributed by atoms with Crippen LogP contribution >= 0.6 is 12.6 Å². The van der Waals surface area contributed by atoms with Gasteiger partial charge in [-0.15, -0.1) is 0 Å². The standard InChI is InChI=1S/C8H15NO3S.C2H6/c1-3-4-12-7(10)5-9-8(11)6(2)13;1-2/h6,13H,3-5H2,1-2H3,(H,9,11);1-2H3. The highest BCUT2D eigenvalue weighted by Gasteiger charge is 2.09. The van der Waals surface area contributed by atoms with E-state index in [0.29, 0.717) is 6.61 Å². The predicted octanol–water partition coefficient (Wildman–Crippen LogP) is 1.40. The first-order valence-corrected chi connectivity index (χ1v) is 5.71. The van der Waals surface area contributed by atoms with Gasteiger partial charge in [-0.25, -0.2) is 0 Å². The molecule has 4 nitrogen and oxygen atoms in total. The van der Waals surface area contributed by atoms with E-state index >= 15 is 0 Å². The fourth-order valence-electron chi connectivity index (χ4n) is 0.574. The predicted molar refractivity (Wildman–Crippen MR) is 64.1 cm³/mol. The molecule has 0 aromatic rings. The van der Waals surface area contributed by atoms with Gasteiger partial charge in [0.2, 0.25) is 5.91 Å². The van der Waals surface area contributed by atoms with Crippen LogP contribution in [0.2, 0.25) is 0 Å². The smallest absolute Gasteiger partial charge is 0.325 e. The summed E-state index contributed by atoms with van der Waals surface area (Å²) in [7, 11) is 0. The van der Waals surface area contributed by atoms with Gasteiger partial charge in [0.1, 0.15) is 6.54 Å². The zero-order valence-corrected chi connectivity index (χ0v) is 10.8. The summed E-state index contributed by atoms with van der Waals surface area (Å²) in [6.45, 7) is 7.85. The third-order valence-electron chi connectivity index (χ3n) is 1.25. The van der Waals surface area contributed by atoms with Crippen molar-refractivity contribution in [1.29, 1.82) is 0 Å². The Morgan fingerprint density at radius 3 is 2.33 bits per heavy atom. The third kappa shape index (κ3) is 11.2. The number of amides is 1. The van der Waals surface area contributed by atoms with Crippen molar-refractivity contribution in [1.82, 2.24) is 5.32 Å². The van der Waals surface area contributed by atoms with Gasteiger partial charge in [0.05, 0.1) is 11.9 Å². The van der Waals surface area contributed by atoms with Crippen molar-refractivity contribution >= 4 is 24.5 Å². The second-order valence-corrected chi connectivity index (χ2v) is 3.39. The van der Waals surface area contributed by atoms with E-state index in [4.69, 9.17) is 4.74 Å². The van der Waals surface area contributed by atoms with E-state index in [1.807, 2.05) is 20.8 Å². The van der Waals surface area contributed by atoms with Gasteiger partial charge < -0.3 is 10.1 Å². The molecule has 0 rings (SSSR count). The van der Waals surface area contributed by atoms with Crippen molar-refractivity contribution in [2.24, 2.45) is 0 Å². The van der Waals surface area contributed by atoms with Crippen LogP contribution in [-0.2, 0) is 14.3 Å². The topological polar surface area (TPSA) is 55.4 Å². The van der Waals surface area contributed by atoms with E-state index in [0.717, 1.165) is 6.42 Å². The zero-order chi connectivity index (χ0) is 12.3. The summed E-state index contributed by atoms with van der Waals surface area (Å²) in [4.78, 5) is 21.8. The van der Waals surface area contributed by atoms with Crippen molar-refractivity contribution in [3.63, 3.8) is 0 Å². The normalized spacial score (nSPS) is 10.7. The minimum absolute atomic E-state index is 0.0796. The first kappa shape index (κ1) is 16.7. The molecule has 0 aromatic carbocycles. The monoisotopic (exact) mass is 235 g/mol. The Hall–Kier alpha value is -0.710. The average molecular weight is 235 g/mol. The molecule has 0 aliphatic heterocycles. The molecular formula is C10H21NO3S. The molecule has 90 valence electrons. The van der Waals surface area contributed by atoms with Gasteiger partial charge in [0.15, 0.2) is 0 Å². The lowest BCUT2D eigenvalue weighted by atomic mass is 10.4. The Kier molecular flexibility index (Phi) is 12.7. The number of carbonyl (C=O) groups is 2. The van der Waals surface area contributed by atoms with E-state index in [1.54, 1.807) is 6.92 Å². The lowest BCUT2D eigenvalue weighted by Gasteiger charge is -2.06. The van der Waals surface area contributed by atoms with Gasteiger partial charge in [0.25, 0.3) is 0 Å². The number of carbonyl (C=O) groups excluding carboxylic acids is 2. The number of hydrogen-bond acceptors (Lipinski definition) is 4. The first-order valence-electron chi connectivity index (χ1n) is 5.19. The molecule has 0 spiro atoms. The molecule has 1 unspecified atom stereocenters. The molecule has 5 heteroatoms. The van der Waals surface area contributed by atoms with E-state index in [2.05, 4.69) is 17.9 Å². The van der Waals surface area contributed by atoms with Gasteiger partial charge in [-0.05, 0) is 13.3 Å². The molecule has 1 N–H and O–H groups in total.